The Kier molecular flexibility index (Phi) is 2.95. The summed E-state index contributed by atoms with van der Waals surface area (Å²) in [6, 6.07) is 5.38. The number of aryl methyl sites for hydroxylation is 2. The van der Waals surface area contributed by atoms with Crippen LogP contribution in [0.25, 0.3) is 11.4 Å². The van der Waals surface area contributed by atoms with Gasteiger partial charge in [-0.3, -0.25) is 0 Å². The maximum absolute atomic E-state index is 9.38. The maximum Gasteiger partial charge on any atom is 0.140 e. The molecule has 1 heterocycles. The Labute approximate surface area is 95.4 Å². The van der Waals surface area contributed by atoms with Crippen molar-refractivity contribution in [2.45, 2.75) is 26.8 Å². The minimum atomic E-state index is 0.301. The van der Waals surface area contributed by atoms with Gasteiger partial charge in [-0.25, -0.2) is 4.98 Å². The van der Waals surface area contributed by atoms with Crippen molar-refractivity contribution >= 4 is 0 Å². The molecule has 3 heteroatoms. The summed E-state index contributed by atoms with van der Waals surface area (Å²) < 4.78 is 2.14. The molecule has 0 atom stereocenters. The van der Waals surface area contributed by atoms with Crippen molar-refractivity contribution in [3.8, 4) is 17.1 Å². The molecule has 0 aliphatic carbocycles. The van der Waals surface area contributed by atoms with E-state index in [-0.39, 0.29) is 0 Å². The second-order valence-corrected chi connectivity index (χ2v) is 3.94. The van der Waals surface area contributed by atoms with Crippen LogP contribution in [-0.4, -0.2) is 14.7 Å². The van der Waals surface area contributed by atoms with Crippen LogP contribution in [0, 0.1) is 6.92 Å². The Balaban J connectivity index is 2.46. The van der Waals surface area contributed by atoms with Gasteiger partial charge in [-0.1, -0.05) is 6.92 Å². The van der Waals surface area contributed by atoms with Crippen molar-refractivity contribution in [1.29, 1.82) is 0 Å². The van der Waals surface area contributed by atoms with Crippen LogP contribution in [-0.2, 0) is 6.54 Å². The minimum Gasteiger partial charge on any atom is -0.508 e. The fourth-order valence-electron chi connectivity index (χ4n) is 1.87. The number of rotatable bonds is 3. The third kappa shape index (κ3) is 1.94. The molecular weight excluding hydrogens is 200 g/mol. The van der Waals surface area contributed by atoms with E-state index in [9.17, 15) is 5.11 Å². The zero-order chi connectivity index (χ0) is 11.5. The fourth-order valence-corrected chi connectivity index (χ4v) is 1.87. The third-order valence-electron chi connectivity index (χ3n) is 2.63. The summed E-state index contributed by atoms with van der Waals surface area (Å²) in [5.74, 6) is 1.27. The highest BCUT2D eigenvalue weighted by Gasteiger charge is 2.08. The number of phenols is 1. The van der Waals surface area contributed by atoms with Crippen LogP contribution < -0.4 is 0 Å². The largest absolute Gasteiger partial charge is 0.508 e. The van der Waals surface area contributed by atoms with Gasteiger partial charge in [0.2, 0.25) is 0 Å². The number of hydrogen-bond acceptors (Lipinski definition) is 2. The van der Waals surface area contributed by atoms with Gasteiger partial charge in [-0.2, -0.15) is 0 Å². The zero-order valence-electron chi connectivity index (χ0n) is 9.64. The number of aromatic nitrogens is 2. The van der Waals surface area contributed by atoms with Crippen LogP contribution in [0.1, 0.15) is 18.9 Å². The molecule has 0 spiro atoms. The lowest BCUT2D eigenvalue weighted by Crippen LogP contribution is -1.99. The molecule has 0 aliphatic rings. The molecule has 84 valence electrons. The van der Waals surface area contributed by atoms with Crippen molar-refractivity contribution in [3.05, 3.63) is 36.2 Å². The van der Waals surface area contributed by atoms with Crippen LogP contribution >= 0.6 is 0 Å². The number of benzene rings is 1. The first-order valence-corrected chi connectivity index (χ1v) is 5.53. The summed E-state index contributed by atoms with van der Waals surface area (Å²) in [7, 11) is 0. The van der Waals surface area contributed by atoms with Gasteiger partial charge in [0.05, 0.1) is 0 Å². The molecular formula is C13H16N2O. The molecule has 0 saturated carbocycles. The Morgan fingerprint density at radius 3 is 2.88 bits per heavy atom. The molecule has 2 rings (SSSR count). The summed E-state index contributed by atoms with van der Waals surface area (Å²) in [5, 5.41) is 9.38. The maximum atomic E-state index is 9.38. The van der Waals surface area contributed by atoms with Gasteiger partial charge < -0.3 is 9.67 Å². The van der Waals surface area contributed by atoms with Crippen molar-refractivity contribution in [2.75, 3.05) is 0 Å². The zero-order valence-corrected chi connectivity index (χ0v) is 9.64. The van der Waals surface area contributed by atoms with E-state index in [1.807, 2.05) is 25.4 Å². The van der Waals surface area contributed by atoms with Gasteiger partial charge in [0, 0.05) is 24.5 Å². The van der Waals surface area contributed by atoms with Crippen LogP contribution in [0.4, 0.5) is 0 Å². The summed E-state index contributed by atoms with van der Waals surface area (Å²) in [6.07, 6.45) is 4.89. The first-order chi connectivity index (χ1) is 7.72. The molecule has 0 unspecified atom stereocenters. The number of phenolic OH excluding ortho intramolecular Hbond substituents is 1. The number of nitrogens with zero attached hydrogens (tertiary/aromatic N) is 2. The van der Waals surface area contributed by atoms with E-state index in [1.165, 1.54) is 0 Å². The molecule has 0 bridgehead atoms. The lowest BCUT2D eigenvalue weighted by atomic mass is 10.1. The number of hydrogen-bond donors (Lipinski definition) is 1. The van der Waals surface area contributed by atoms with Crippen molar-refractivity contribution < 1.29 is 5.11 Å². The Morgan fingerprint density at radius 2 is 2.19 bits per heavy atom. The quantitative estimate of drug-likeness (QED) is 0.856. The number of imidazole rings is 1. The van der Waals surface area contributed by atoms with E-state index < -0.39 is 0 Å². The average Bonchev–Trinajstić information content (AvgIpc) is 2.67. The van der Waals surface area contributed by atoms with Gasteiger partial charge in [0.15, 0.2) is 0 Å². The Morgan fingerprint density at radius 1 is 1.38 bits per heavy atom. The normalized spacial score (nSPS) is 10.6. The SMILES string of the molecule is CCCn1ccnc1-c1ccc(O)cc1C. The second-order valence-electron chi connectivity index (χ2n) is 3.94. The Bertz CT molecular complexity index is 488. The van der Waals surface area contributed by atoms with Gasteiger partial charge >= 0.3 is 0 Å². The number of aromatic hydroxyl groups is 1. The van der Waals surface area contributed by atoms with Crippen LogP contribution in [0.5, 0.6) is 5.75 Å². The molecule has 1 N–H and O–H groups in total. The highest BCUT2D eigenvalue weighted by molar-refractivity contribution is 5.61. The smallest absolute Gasteiger partial charge is 0.140 e. The summed E-state index contributed by atoms with van der Waals surface area (Å²) in [5.41, 5.74) is 2.12. The van der Waals surface area contributed by atoms with Crippen LogP contribution in [0.2, 0.25) is 0 Å². The van der Waals surface area contributed by atoms with E-state index in [1.54, 1.807) is 12.1 Å². The van der Waals surface area contributed by atoms with Crippen LogP contribution in [0.15, 0.2) is 30.6 Å². The molecule has 2 aromatic rings. The monoisotopic (exact) mass is 216 g/mol. The third-order valence-corrected chi connectivity index (χ3v) is 2.63. The van der Waals surface area contributed by atoms with Gasteiger partial charge in [-0.15, -0.1) is 0 Å². The predicted molar refractivity (Wildman–Crippen MR) is 64.4 cm³/mol. The summed E-state index contributed by atoms with van der Waals surface area (Å²) >= 11 is 0. The van der Waals surface area contributed by atoms with E-state index >= 15 is 0 Å². The lowest BCUT2D eigenvalue weighted by Gasteiger charge is -2.09. The van der Waals surface area contributed by atoms with Gasteiger partial charge in [-0.05, 0) is 37.1 Å². The van der Waals surface area contributed by atoms with E-state index in [4.69, 9.17) is 0 Å². The van der Waals surface area contributed by atoms with Gasteiger partial charge in [0.25, 0.3) is 0 Å². The van der Waals surface area contributed by atoms with E-state index in [2.05, 4.69) is 16.5 Å². The van der Waals surface area contributed by atoms with Crippen molar-refractivity contribution in [1.82, 2.24) is 9.55 Å². The minimum absolute atomic E-state index is 0.301. The molecule has 1 aromatic heterocycles. The lowest BCUT2D eigenvalue weighted by molar-refractivity contribution is 0.475. The molecule has 3 nitrogen and oxygen atoms in total. The van der Waals surface area contributed by atoms with Crippen molar-refractivity contribution in [3.63, 3.8) is 0 Å². The average molecular weight is 216 g/mol. The van der Waals surface area contributed by atoms with Crippen molar-refractivity contribution in [2.24, 2.45) is 0 Å². The first kappa shape index (κ1) is 10.7. The van der Waals surface area contributed by atoms with E-state index in [0.29, 0.717) is 5.75 Å². The standard InChI is InChI=1S/C13H16N2O/c1-3-7-15-8-6-14-13(15)12-5-4-11(16)9-10(12)2/h4-6,8-9,16H,3,7H2,1-2H3. The second kappa shape index (κ2) is 4.39. The molecule has 0 aliphatic heterocycles. The van der Waals surface area contributed by atoms with Crippen LogP contribution in [0.3, 0.4) is 0 Å². The summed E-state index contributed by atoms with van der Waals surface area (Å²) in [6.45, 7) is 5.10. The molecule has 1 aromatic carbocycles. The fraction of sp³-hybridized carbons (Fsp3) is 0.308. The molecule has 0 fully saturated rings. The summed E-state index contributed by atoms with van der Waals surface area (Å²) in [4.78, 5) is 4.38. The predicted octanol–water partition coefficient (Wildman–Crippen LogP) is 2.97. The first-order valence-electron chi connectivity index (χ1n) is 5.53. The molecule has 0 radical (unpaired) electrons. The Hall–Kier alpha value is -1.77. The molecule has 16 heavy (non-hydrogen) atoms. The molecule has 0 amide bonds. The van der Waals surface area contributed by atoms with Gasteiger partial charge in [0.1, 0.15) is 11.6 Å². The molecule has 0 saturated heterocycles. The highest BCUT2D eigenvalue weighted by atomic mass is 16.3. The van der Waals surface area contributed by atoms with E-state index in [0.717, 1.165) is 29.9 Å². The highest BCUT2D eigenvalue weighted by Crippen LogP contribution is 2.25. The topological polar surface area (TPSA) is 38.0 Å².